The van der Waals surface area contributed by atoms with Crippen LogP contribution in [0.25, 0.3) is 22.4 Å². The second-order valence-corrected chi connectivity index (χ2v) is 7.87. The number of unbranched alkanes of at least 4 members (excludes halogenated alkanes) is 2. The van der Waals surface area contributed by atoms with Crippen molar-refractivity contribution in [2.75, 3.05) is 0 Å². The lowest BCUT2D eigenvalue weighted by Gasteiger charge is -2.09. The topological polar surface area (TPSA) is 0 Å². The summed E-state index contributed by atoms with van der Waals surface area (Å²) < 4.78 is 44.7. The number of rotatable bonds is 9. The third kappa shape index (κ3) is 5.66. The van der Waals surface area contributed by atoms with E-state index in [4.69, 9.17) is 0 Å². The van der Waals surface area contributed by atoms with Gasteiger partial charge in [-0.1, -0.05) is 80.4 Å². The molecule has 0 fully saturated rings. The lowest BCUT2D eigenvalue weighted by molar-refractivity contribution is 0.622. The molecular formula is C28H29F3. The molecule has 162 valence electrons. The molecular weight excluding hydrogens is 393 g/mol. The Labute approximate surface area is 183 Å². The number of hydrogen-bond acceptors (Lipinski definition) is 0. The third-order valence-corrected chi connectivity index (χ3v) is 5.56. The van der Waals surface area contributed by atoms with Gasteiger partial charge >= 0.3 is 0 Å². The zero-order chi connectivity index (χ0) is 22.2. The predicted molar refractivity (Wildman–Crippen MR) is 126 cm³/mol. The molecule has 0 saturated carbocycles. The summed E-state index contributed by atoms with van der Waals surface area (Å²) in [6.45, 7) is 4.11. The highest BCUT2D eigenvalue weighted by molar-refractivity contribution is 5.91. The molecule has 0 aromatic heterocycles. The summed E-state index contributed by atoms with van der Waals surface area (Å²) in [6.07, 6.45) is 10.1. The Morgan fingerprint density at radius 3 is 2.29 bits per heavy atom. The van der Waals surface area contributed by atoms with E-state index in [2.05, 4.69) is 13.0 Å². The van der Waals surface area contributed by atoms with E-state index in [1.807, 2.05) is 25.1 Å². The number of aryl methyl sites for hydroxylation is 2. The van der Waals surface area contributed by atoms with Crippen LogP contribution >= 0.6 is 0 Å². The standard InChI is InChI=1S/C28H29F3/c1-3-5-7-9-20-11-14-22(15-12-20)26(29)28(31)25-18-16-23-19-21(10-8-6-4-2)13-17-24(23)27(25)30/h3,5,11-19H,4,6-10H2,1-2H3/b5-3+,28-26?. The van der Waals surface area contributed by atoms with Crippen LogP contribution in [0.2, 0.25) is 0 Å². The first-order valence-corrected chi connectivity index (χ1v) is 11.0. The van der Waals surface area contributed by atoms with Crippen LogP contribution in [0.15, 0.2) is 66.7 Å². The second kappa shape index (κ2) is 11.0. The van der Waals surface area contributed by atoms with E-state index in [-0.39, 0.29) is 11.1 Å². The fourth-order valence-electron chi connectivity index (χ4n) is 3.72. The van der Waals surface area contributed by atoms with Crippen LogP contribution in [0.4, 0.5) is 13.2 Å². The first-order valence-electron chi connectivity index (χ1n) is 11.0. The normalized spacial score (nSPS) is 12.5. The average Bonchev–Trinajstić information content (AvgIpc) is 2.79. The number of hydrogen-bond donors (Lipinski definition) is 0. The van der Waals surface area contributed by atoms with Crippen molar-refractivity contribution in [2.45, 2.75) is 52.4 Å². The van der Waals surface area contributed by atoms with Gasteiger partial charge in [0.15, 0.2) is 11.7 Å². The quantitative estimate of drug-likeness (QED) is 0.183. The SMILES string of the molecule is C/C=C/CCc1ccc(C(F)=C(F)c2ccc3cc(CCCCC)ccc3c2F)cc1. The maximum Gasteiger partial charge on any atom is 0.169 e. The first kappa shape index (κ1) is 22.9. The molecule has 0 unspecified atom stereocenters. The van der Waals surface area contributed by atoms with Crippen molar-refractivity contribution in [3.63, 3.8) is 0 Å². The molecule has 0 saturated heterocycles. The molecule has 3 aromatic carbocycles. The summed E-state index contributed by atoms with van der Waals surface area (Å²) in [7, 11) is 0. The van der Waals surface area contributed by atoms with Gasteiger partial charge in [-0.2, -0.15) is 0 Å². The Hall–Kier alpha value is -2.81. The van der Waals surface area contributed by atoms with Gasteiger partial charge in [0.05, 0.1) is 0 Å². The highest BCUT2D eigenvalue weighted by Crippen LogP contribution is 2.33. The highest BCUT2D eigenvalue weighted by atomic mass is 19.2. The molecule has 0 nitrogen and oxygen atoms in total. The zero-order valence-electron chi connectivity index (χ0n) is 18.2. The van der Waals surface area contributed by atoms with Gasteiger partial charge in [0.2, 0.25) is 0 Å². The minimum Gasteiger partial charge on any atom is -0.206 e. The van der Waals surface area contributed by atoms with Crippen molar-refractivity contribution in [3.8, 4) is 0 Å². The summed E-state index contributed by atoms with van der Waals surface area (Å²) in [6, 6.07) is 15.1. The minimum absolute atomic E-state index is 0.109. The van der Waals surface area contributed by atoms with Crippen LogP contribution in [0.1, 0.15) is 61.8 Å². The van der Waals surface area contributed by atoms with Crippen LogP contribution in [0.5, 0.6) is 0 Å². The summed E-state index contributed by atoms with van der Waals surface area (Å²) in [5.74, 6) is -2.95. The number of allylic oxidation sites excluding steroid dienone is 2. The second-order valence-electron chi connectivity index (χ2n) is 7.87. The van der Waals surface area contributed by atoms with E-state index in [1.54, 1.807) is 36.4 Å². The molecule has 0 radical (unpaired) electrons. The van der Waals surface area contributed by atoms with Crippen molar-refractivity contribution < 1.29 is 13.2 Å². The molecule has 0 bridgehead atoms. The van der Waals surface area contributed by atoms with Gasteiger partial charge in [-0.15, -0.1) is 0 Å². The van der Waals surface area contributed by atoms with Crippen molar-refractivity contribution in [1.29, 1.82) is 0 Å². The fourth-order valence-corrected chi connectivity index (χ4v) is 3.72. The largest absolute Gasteiger partial charge is 0.206 e. The van der Waals surface area contributed by atoms with Crippen LogP contribution < -0.4 is 0 Å². The van der Waals surface area contributed by atoms with Crippen molar-refractivity contribution in [2.24, 2.45) is 0 Å². The van der Waals surface area contributed by atoms with Crippen molar-refractivity contribution in [1.82, 2.24) is 0 Å². The fraction of sp³-hybridized carbons (Fsp3) is 0.286. The number of halogens is 3. The summed E-state index contributed by atoms with van der Waals surface area (Å²) in [5.41, 5.74) is 1.94. The molecule has 0 atom stereocenters. The van der Waals surface area contributed by atoms with E-state index in [9.17, 15) is 8.78 Å². The van der Waals surface area contributed by atoms with Crippen LogP contribution in [-0.2, 0) is 12.8 Å². The molecule has 3 heteroatoms. The van der Waals surface area contributed by atoms with Gasteiger partial charge in [0.1, 0.15) is 5.82 Å². The Kier molecular flexibility index (Phi) is 8.11. The summed E-state index contributed by atoms with van der Waals surface area (Å²) in [4.78, 5) is 0. The lowest BCUT2D eigenvalue weighted by Crippen LogP contribution is -1.93. The molecule has 0 aliphatic carbocycles. The van der Waals surface area contributed by atoms with E-state index < -0.39 is 17.5 Å². The van der Waals surface area contributed by atoms with Gasteiger partial charge in [-0.3, -0.25) is 0 Å². The maximum atomic E-state index is 15.0. The van der Waals surface area contributed by atoms with E-state index in [1.165, 1.54) is 6.07 Å². The smallest absolute Gasteiger partial charge is 0.169 e. The molecule has 0 amide bonds. The Balaban J connectivity index is 1.86. The van der Waals surface area contributed by atoms with Gasteiger partial charge in [0, 0.05) is 16.5 Å². The highest BCUT2D eigenvalue weighted by Gasteiger charge is 2.17. The molecule has 3 rings (SSSR count). The van der Waals surface area contributed by atoms with E-state index in [0.717, 1.165) is 49.7 Å². The number of benzene rings is 3. The Morgan fingerprint density at radius 1 is 0.839 bits per heavy atom. The molecule has 3 aromatic rings. The van der Waals surface area contributed by atoms with Gasteiger partial charge in [-0.25, -0.2) is 13.2 Å². The van der Waals surface area contributed by atoms with Crippen LogP contribution in [-0.4, -0.2) is 0 Å². The molecule has 31 heavy (non-hydrogen) atoms. The average molecular weight is 423 g/mol. The van der Waals surface area contributed by atoms with Gasteiger partial charge in [-0.05, 0) is 55.2 Å². The summed E-state index contributed by atoms with van der Waals surface area (Å²) in [5, 5.41) is 1.01. The van der Waals surface area contributed by atoms with E-state index >= 15 is 4.39 Å². The monoisotopic (exact) mass is 422 g/mol. The van der Waals surface area contributed by atoms with Crippen molar-refractivity contribution >= 4 is 22.4 Å². The lowest BCUT2D eigenvalue weighted by atomic mass is 9.99. The minimum atomic E-state index is -1.17. The van der Waals surface area contributed by atoms with Gasteiger partial charge < -0.3 is 0 Å². The maximum absolute atomic E-state index is 15.0. The molecule has 0 heterocycles. The third-order valence-electron chi connectivity index (χ3n) is 5.56. The predicted octanol–water partition coefficient (Wildman–Crippen LogP) is 8.99. The first-order chi connectivity index (χ1) is 15.0. The zero-order valence-corrected chi connectivity index (χ0v) is 18.2. The molecule has 0 spiro atoms. The molecule has 0 aliphatic rings. The van der Waals surface area contributed by atoms with Gasteiger partial charge in [0.25, 0.3) is 0 Å². The Morgan fingerprint density at radius 2 is 1.58 bits per heavy atom. The Bertz CT molecular complexity index is 1080. The van der Waals surface area contributed by atoms with Crippen LogP contribution in [0.3, 0.4) is 0 Å². The van der Waals surface area contributed by atoms with E-state index in [0.29, 0.717) is 10.8 Å². The van der Waals surface area contributed by atoms with Crippen molar-refractivity contribution in [3.05, 3.63) is 94.8 Å². The molecule has 0 aliphatic heterocycles. The summed E-state index contributed by atoms with van der Waals surface area (Å²) >= 11 is 0. The molecule has 0 N–H and O–H groups in total. The number of fused-ring (bicyclic) bond motifs is 1. The van der Waals surface area contributed by atoms with Crippen LogP contribution in [0, 0.1) is 5.82 Å².